The summed E-state index contributed by atoms with van der Waals surface area (Å²) in [6, 6.07) is 52.4. The maximum Gasteiger partial charge on any atom is 0.149 e. The molecular weight excluding hydrogens is 599 g/mol. The highest BCUT2D eigenvalue weighted by Crippen LogP contribution is 2.52. The van der Waals surface area contributed by atoms with Gasteiger partial charge in [-0.2, -0.15) is 0 Å². The molecule has 2 aromatic heterocycles. The molecule has 8 aromatic rings. The number of nitrogens with zero attached hydrogens (tertiary/aromatic N) is 3. The van der Waals surface area contributed by atoms with E-state index in [2.05, 4.69) is 122 Å². The maximum absolute atomic E-state index is 11.8. The number of benzene rings is 6. The minimum Gasteiger partial charge on any atom is -0.507 e. The van der Waals surface area contributed by atoms with E-state index in [0.717, 1.165) is 61.4 Å². The third kappa shape index (κ3) is 4.68. The van der Waals surface area contributed by atoms with Crippen molar-refractivity contribution in [2.75, 3.05) is 0 Å². The molecule has 1 aliphatic rings. The normalized spacial score (nSPS) is 12.9. The number of aromatic hydroxyl groups is 1. The van der Waals surface area contributed by atoms with Crippen molar-refractivity contribution in [1.82, 2.24) is 14.5 Å². The van der Waals surface area contributed by atoms with E-state index in [9.17, 15) is 5.11 Å². The van der Waals surface area contributed by atoms with E-state index in [1.165, 1.54) is 11.1 Å². The Labute approximate surface area is 285 Å². The molecule has 0 spiro atoms. The van der Waals surface area contributed by atoms with Crippen LogP contribution in [0, 0.1) is 0 Å². The second kappa shape index (κ2) is 11.2. The van der Waals surface area contributed by atoms with E-state index in [0.29, 0.717) is 11.4 Å². The molecule has 4 heteroatoms. The molecule has 0 radical (unpaired) electrons. The summed E-state index contributed by atoms with van der Waals surface area (Å²) in [6.07, 6.45) is 1.83. The van der Waals surface area contributed by atoms with E-state index >= 15 is 0 Å². The number of phenols is 1. The number of pyridine rings is 1. The van der Waals surface area contributed by atoms with Gasteiger partial charge in [-0.05, 0) is 99.6 Å². The molecule has 0 saturated carbocycles. The van der Waals surface area contributed by atoms with Crippen molar-refractivity contribution in [2.24, 2.45) is 0 Å². The van der Waals surface area contributed by atoms with Crippen molar-refractivity contribution in [3.63, 3.8) is 0 Å². The zero-order valence-electron chi connectivity index (χ0n) is 27.3. The summed E-state index contributed by atoms with van der Waals surface area (Å²) in [4.78, 5) is 10.1. The highest BCUT2D eigenvalue weighted by molar-refractivity contribution is 5.98. The molecule has 1 N–H and O–H groups in total. The number of rotatable bonds is 5. The number of hydrogen-bond donors (Lipinski definition) is 1. The minimum absolute atomic E-state index is 0.218. The SMILES string of the molecule is CC1(C)c2ccccc2-c2cc(-c3nc4c(-c5cc(-c6ccccc6)cc(-c6ccccn6)c5)cccc4n3-c3ccccc3)c(O)cc21. The van der Waals surface area contributed by atoms with Crippen LogP contribution in [0.2, 0.25) is 0 Å². The Hall–Kier alpha value is -6.26. The lowest BCUT2D eigenvalue weighted by molar-refractivity contribution is 0.474. The molecule has 0 saturated heterocycles. The monoisotopic (exact) mass is 631 g/mol. The number of phenolic OH excluding ortho intramolecular Hbond substituents is 1. The number of aromatic nitrogens is 3. The van der Waals surface area contributed by atoms with Crippen LogP contribution in [0.4, 0.5) is 0 Å². The molecule has 4 nitrogen and oxygen atoms in total. The zero-order chi connectivity index (χ0) is 33.1. The van der Waals surface area contributed by atoms with E-state index in [4.69, 9.17) is 9.97 Å². The van der Waals surface area contributed by atoms with Crippen molar-refractivity contribution >= 4 is 11.0 Å². The van der Waals surface area contributed by atoms with Crippen LogP contribution in [0.5, 0.6) is 5.75 Å². The summed E-state index contributed by atoms with van der Waals surface area (Å²) in [5.74, 6) is 0.914. The third-order valence-corrected chi connectivity index (χ3v) is 9.95. The summed E-state index contributed by atoms with van der Waals surface area (Å²) in [6.45, 7) is 4.45. The Morgan fingerprint density at radius 2 is 1.22 bits per heavy atom. The van der Waals surface area contributed by atoms with Crippen LogP contribution in [0.1, 0.15) is 25.0 Å². The molecule has 234 valence electrons. The lowest BCUT2D eigenvalue weighted by Crippen LogP contribution is -2.14. The van der Waals surface area contributed by atoms with Gasteiger partial charge in [-0.25, -0.2) is 4.98 Å². The molecular formula is C45H33N3O. The first-order chi connectivity index (χ1) is 24.0. The van der Waals surface area contributed by atoms with E-state index < -0.39 is 0 Å². The minimum atomic E-state index is -0.218. The fourth-order valence-electron chi connectivity index (χ4n) is 7.53. The average molecular weight is 632 g/mol. The van der Waals surface area contributed by atoms with Gasteiger partial charge in [0.15, 0.2) is 0 Å². The lowest BCUT2D eigenvalue weighted by Gasteiger charge is -2.22. The molecule has 0 bridgehead atoms. The Bertz CT molecular complexity index is 2460. The van der Waals surface area contributed by atoms with E-state index in [1.807, 2.05) is 54.7 Å². The van der Waals surface area contributed by atoms with Gasteiger partial charge in [-0.1, -0.05) is 105 Å². The van der Waals surface area contributed by atoms with Gasteiger partial charge in [0.2, 0.25) is 0 Å². The van der Waals surface area contributed by atoms with Gasteiger partial charge in [-0.3, -0.25) is 9.55 Å². The van der Waals surface area contributed by atoms with Crippen molar-refractivity contribution < 1.29 is 5.11 Å². The maximum atomic E-state index is 11.8. The number of hydrogen-bond acceptors (Lipinski definition) is 3. The van der Waals surface area contributed by atoms with Gasteiger partial charge in [0.05, 0.1) is 22.3 Å². The molecule has 0 unspecified atom stereocenters. The molecule has 49 heavy (non-hydrogen) atoms. The Balaban J connectivity index is 1.31. The van der Waals surface area contributed by atoms with Crippen molar-refractivity contribution in [3.8, 4) is 67.5 Å². The van der Waals surface area contributed by atoms with Crippen LogP contribution < -0.4 is 0 Å². The zero-order valence-corrected chi connectivity index (χ0v) is 27.3. The van der Waals surface area contributed by atoms with Crippen LogP contribution in [-0.2, 0) is 5.41 Å². The summed E-state index contributed by atoms with van der Waals surface area (Å²) in [7, 11) is 0. The van der Waals surface area contributed by atoms with Gasteiger partial charge in [0.1, 0.15) is 11.6 Å². The predicted octanol–water partition coefficient (Wildman–Crippen LogP) is 11.1. The second-order valence-corrected chi connectivity index (χ2v) is 13.2. The second-order valence-electron chi connectivity index (χ2n) is 13.2. The smallest absolute Gasteiger partial charge is 0.149 e. The molecule has 9 rings (SSSR count). The molecule has 2 heterocycles. The number of para-hydroxylation sites is 2. The van der Waals surface area contributed by atoms with E-state index in [-0.39, 0.29) is 11.2 Å². The topological polar surface area (TPSA) is 50.9 Å². The van der Waals surface area contributed by atoms with Gasteiger partial charge in [0.25, 0.3) is 0 Å². The van der Waals surface area contributed by atoms with Crippen LogP contribution in [0.3, 0.4) is 0 Å². The van der Waals surface area contributed by atoms with Crippen LogP contribution in [0.25, 0.3) is 72.7 Å². The van der Waals surface area contributed by atoms with Gasteiger partial charge in [-0.15, -0.1) is 0 Å². The van der Waals surface area contributed by atoms with Crippen LogP contribution in [-0.4, -0.2) is 19.6 Å². The highest BCUT2D eigenvalue weighted by atomic mass is 16.3. The van der Waals surface area contributed by atoms with E-state index in [1.54, 1.807) is 0 Å². The molecule has 0 fully saturated rings. The highest BCUT2D eigenvalue weighted by Gasteiger charge is 2.36. The van der Waals surface area contributed by atoms with Crippen molar-refractivity contribution in [1.29, 1.82) is 0 Å². The fraction of sp³-hybridized carbons (Fsp3) is 0.0667. The summed E-state index contributed by atoms with van der Waals surface area (Å²) in [5.41, 5.74) is 14.3. The Morgan fingerprint density at radius 3 is 2.02 bits per heavy atom. The first-order valence-electron chi connectivity index (χ1n) is 16.6. The first kappa shape index (κ1) is 28.9. The van der Waals surface area contributed by atoms with Gasteiger partial charge < -0.3 is 5.11 Å². The molecule has 0 atom stereocenters. The molecule has 6 aromatic carbocycles. The summed E-state index contributed by atoms with van der Waals surface area (Å²) in [5, 5.41) is 11.8. The first-order valence-corrected chi connectivity index (χ1v) is 16.6. The molecule has 1 aliphatic carbocycles. The fourth-order valence-corrected chi connectivity index (χ4v) is 7.53. The van der Waals surface area contributed by atoms with Crippen LogP contribution >= 0.6 is 0 Å². The number of fused-ring (bicyclic) bond motifs is 4. The molecule has 0 amide bonds. The van der Waals surface area contributed by atoms with Crippen molar-refractivity contribution in [2.45, 2.75) is 19.3 Å². The Morgan fingerprint density at radius 1 is 0.531 bits per heavy atom. The molecule has 0 aliphatic heterocycles. The van der Waals surface area contributed by atoms with Gasteiger partial charge in [0, 0.05) is 28.4 Å². The summed E-state index contributed by atoms with van der Waals surface area (Å²) < 4.78 is 2.17. The largest absolute Gasteiger partial charge is 0.507 e. The summed E-state index contributed by atoms with van der Waals surface area (Å²) >= 11 is 0. The quantitative estimate of drug-likeness (QED) is 0.206. The average Bonchev–Trinajstić information content (AvgIpc) is 3.64. The van der Waals surface area contributed by atoms with Gasteiger partial charge >= 0.3 is 0 Å². The standard InChI is InChI=1S/C45H33N3O/c1-45(2)38-20-10-9-18-35(38)36-27-37(42(49)28-39(36)45)44-47-43-34(19-13-22-41(43)48(44)33-16-7-4-8-17-33)31-24-30(29-14-5-3-6-15-29)25-32(26-31)40-21-11-12-23-46-40/h3-28,49H,1-2H3. The predicted molar refractivity (Wildman–Crippen MR) is 200 cm³/mol. The third-order valence-electron chi connectivity index (χ3n) is 9.95. The van der Waals surface area contributed by atoms with Crippen LogP contribution in [0.15, 0.2) is 158 Å². The Kier molecular flexibility index (Phi) is 6.60. The van der Waals surface area contributed by atoms with Crippen molar-refractivity contribution in [3.05, 3.63) is 169 Å². The lowest BCUT2D eigenvalue weighted by atomic mass is 9.82. The number of imidazole rings is 1.